The van der Waals surface area contributed by atoms with Gasteiger partial charge >= 0.3 is 0 Å². The number of rotatable bonds is 5. The van der Waals surface area contributed by atoms with Crippen LogP contribution in [0.1, 0.15) is 11.3 Å². The van der Waals surface area contributed by atoms with Gasteiger partial charge in [0, 0.05) is 25.0 Å². The molecule has 0 unspecified atom stereocenters. The number of hydrogen-bond donors (Lipinski definition) is 0. The van der Waals surface area contributed by atoms with Crippen molar-refractivity contribution in [2.45, 2.75) is 18.2 Å². The average Bonchev–Trinajstić information content (AvgIpc) is 2.40. The minimum absolute atomic E-state index is 0.0505. The second-order valence-corrected chi connectivity index (χ2v) is 5.65. The Morgan fingerprint density at radius 1 is 1.16 bits per heavy atom. The first-order valence-corrected chi connectivity index (χ1v) is 7.20. The van der Waals surface area contributed by atoms with Crippen LogP contribution in [0.3, 0.4) is 0 Å². The van der Waals surface area contributed by atoms with E-state index in [1.807, 2.05) is 6.92 Å². The zero-order chi connectivity index (χ0) is 13.7. The first-order valence-electron chi connectivity index (χ1n) is 5.79. The molecule has 0 saturated heterocycles. The van der Waals surface area contributed by atoms with Crippen molar-refractivity contribution >= 4 is 10.1 Å². The lowest BCUT2D eigenvalue weighted by atomic mass is 10.2. The van der Waals surface area contributed by atoms with Crippen LogP contribution in [0.15, 0.2) is 47.8 Å². The van der Waals surface area contributed by atoms with Gasteiger partial charge in [0.15, 0.2) is 0 Å². The average molecular weight is 278 g/mol. The molecule has 0 amide bonds. The number of hydrogen-bond acceptors (Lipinski definition) is 5. The van der Waals surface area contributed by atoms with E-state index in [2.05, 4.69) is 9.97 Å². The highest BCUT2D eigenvalue weighted by Gasteiger charge is 2.14. The van der Waals surface area contributed by atoms with Crippen molar-refractivity contribution in [3.05, 3.63) is 54.1 Å². The summed E-state index contributed by atoms with van der Waals surface area (Å²) in [4.78, 5) is 8.11. The van der Waals surface area contributed by atoms with Gasteiger partial charge in [0.25, 0.3) is 10.1 Å². The molecule has 0 spiro atoms. The third kappa shape index (κ3) is 3.84. The monoisotopic (exact) mass is 278 g/mol. The summed E-state index contributed by atoms with van der Waals surface area (Å²) in [5, 5.41) is 0. The van der Waals surface area contributed by atoms with Crippen molar-refractivity contribution in [1.29, 1.82) is 0 Å². The van der Waals surface area contributed by atoms with Crippen LogP contribution in [0, 0.1) is 6.92 Å². The molecule has 1 aromatic heterocycles. The van der Waals surface area contributed by atoms with Crippen molar-refractivity contribution in [3.8, 4) is 0 Å². The highest BCUT2D eigenvalue weighted by Crippen LogP contribution is 2.13. The first kappa shape index (κ1) is 13.6. The minimum atomic E-state index is -3.70. The molecule has 2 rings (SSSR count). The molecule has 100 valence electrons. The molecule has 0 fully saturated rings. The van der Waals surface area contributed by atoms with Crippen LogP contribution in [-0.4, -0.2) is 25.0 Å². The standard InChI is InChI=1S/C13H14N2O3S/c1-11-2-4-13(5-3-11)19(16,17)18-9-6-12-10-14-7-8-15-12/h2-5,7-8,10H,6,9H2,1H3. The van der Waals surface area contributed by atoms with E-state index in [0.29, 0.717) is 12.1 Å². The summed E-state index contributed by atoms with van der Waals surface area (Å²) >= 11 is 0. The maximum Gasteiger partial charge on any atom is 0.296 e. The molecule has 0 bridgehead atoms. The molecule has 0 aliphatic heterocycles. The quantitative estimate of drug-likeness (QED) is 0.779. The Bertz CT molecular complexity index is 625. The second-order valence-electron chi connectivity index (χ2n) is 4.04. The molecule has 1 aromatic carbocycles. The highest BCUT2D eigenvalue weighted by molar-refractivity contribution is 7.86. The predicted molar refractivity (Wildman–Crippen MR) is 70.1 cm³/mol. The highest BCUT2D eigenvalue weighted by atomic mass is 32.2. The van der Waals surface area contributed by atoms with Gasteiger partial charge in [-0.15, -0.1) is 0 Å². The SMILES string of the molecule is Cc1ccc(S(=O)(=O)OCCc2cnccn2)cc1. The van der Waals surface area contributed by atoms with Crippen molar-refractivity contribution in [2.24, 2.45) is 0 Å². The normalized spacial score (nSPS) is 11.4. The fraction of sp³-hybridized carbons (Fsp3) is 0.231. The molecule has 0 radical (unpaired) electrons. The van der Waals surface area contributed by atoms with E-state index in [1.165, 1.54) is 12.1 Å². The summed E-state index contributed by atoms with van der Waals surface area (Å²) in [5.74, 6) is 0. The second kappa shape index (κ2) is 5.90. The molecular formula is C13H14N2O3S. The lowest BCUT2D eigenvalue weighted by Gasteiger charge is -2.05. The van der Waals surface area contributed by atoms with E-state index >= 15 is 0 Å². The molecule has 0 atom stereocenters. The number of aryl methyl sites for hydroxylation is 1. The summed E-state index contributed by atoms with van der Waals surface area (Å²) in [5.41, 5.74) is 1.69. The summed E-state index contributed by atoms with van der Waals surface area (Å²) in [7, 11) is -3.70. The zero-order valence-corrected chi connectivity index (χ0v) is 11.3. The smallest absolute Gasteiger partial charge is 0.266 e. The van der Waals surface area contributed by atoms with Crippen molar-refractivity contribution in [3.63, 3.8) is 0 Å². The summed E-state index contributed by atoms with van der Waals surface area (Å²) in [6, 6.07) is 6.54. The predicted octanol–water partition coefficient (Wildman–Crippen LogP) is 1.73. The summed E-state index contributed by atoms with van der Waals surface area (Å²) in [6.45, 7) is 1.94. The van der Waals surface area contributed by atoms with Crippen molar-refractivity contribution in [1.82, 2.24) is 9.97 Å². The van der Waals surface area contributed by atoms with Gasteiger partial charge in [0.2, 0.25) is 0 Å². The van der Waals surface area contributed by atoms with E-state index in [9.17, 15) is 8.42 Å². The van der Waals surface area contributed by atoms with Crippen LogP contribution in [0.4, 0.5) is 0 Å². The largest absolute Gasteiger partial charge is 0.296 e. The number of nitrogens with zero attached hydrogens (tertiary/aromatic N) is 2. The zero-order valence-electron chi connectivity index (χ0n) is 10.5. The third-order valence-corrected chi connectivity index (χ3v) is 3.85. The van der Waals surface area contributed by atoms with Crippen LogP contribution in [0.5, 0.6) is 0 Å². The molecule has 1 heterocycles. The van der Waals surface area contributed by atoms with Gasteiger partial charge in [-0.25, -0.2) is 0 Å². The van der Waals surface area contributed by atoms with E-state index in [-0.39, 0.29) is 11.5 Å². The molecule has 6 heteroatoms. The van der Waals surface area contributed by atoms with E-state index in [1.54, 1.807) is 30.7 Å². The van der Waals surface area contributed by atoms with Crippen LogP contribution in [0.2, 0.25) is 0 Å². The van der Waals surface area contributed by atoms with Crippen molar-refractivity contribution in [2.75, 3.05) is 6.61 Å². The fourth-order valence-electron chi connectivity index (χ4n) is 1.49. The number of aromatic nitrogens is 2. The van der Waals surface area contributed by atoms with Crippen LogP contribution in [0.25, 0.3) is 0 Å². The Hall–Kier alpha value is -1.79. The lowest BCUT2D eigenvalue weighted by molar-refractivity contribution is 0.320. The first-order chi connectivity index (χ1) is 9.08. The summed E-state index contributed by atoms with van der Waals surface area (Å²) < 4.78 is 28.7. The Kier molecular flexibility index (Phi) is 4.24. The molecule has 0 aliphatic rings. The van der Waals surface area contributed by atoms with Gasteiger partial charge in [-0.1, -0.05) is 17.7 Å². The van der Waals surface area contributed by atoms with Gasteiger partial charge in [0.05, 0.1) is 17.2 Å². The molecular weight excluding hydrogens is 264 g/mol. The molecule has 19 heavy (non-hydrogen) atoms. The van der Waals surface area contributed by atoms with Gasteiger partial charge in [-0.05, 0) is 19.1 Å². The number of benzene rings is 1. The van der Waals surface area contributed by atoms with Crippen LogP contribution < -0.4 is 0 Å². The Balaban J connectivity index is 1.97. The molecule has 0 aliphatic carbocycles. The van der Waals surface area contributed by atoms with Crippen molar-refractivity contribution < 1.29 is 12.6 Å². The van der Waals surface area contributed by atoms with Gasteiger partial charge in [0.1, 0.15) is 0 Å². The molecule has 0 N–H and O–H groups in total. The Morgan fingerprint density at radius 3 is 2.53 bits per heavy atom. The third-order valence-electron chi connectivity index (χ3n) is 2.52. The van der Waals surface area contributed by atoms with Gasteiger partial charge in [-0.2, -0.15) is 8.42 Å². The van der Waals surface area contributed by atoms with Crippen LogP contribution in [-0.2, 0) is 20.7 Å². The van der Waals surface area contributed by atoms with Crippen LogP contribution >= 0.6 is 0 Å². The van der Waals surface area contributed by atoms with E-state index < -0.39 is 10.1 Å². The minimum Gasteiger partial charge on any atom is -0.266 e. The Labute approximate surface area is 112 Å². The van der Waals surface area contributed by atoms with E-state index in [0.717, 1.165) is 5.56 Å². The van der Waals surface area contributed by atoms with Gasteiger partial charge in [-0.3, -0.25) is 14.2 Å². The Morgan fingerprint density at radius 2 is 1.89 bits per heavy atom. The molecule has 0 saturated carbocycles. The van der Waals surface area contributed by atoms with Gasteiger partial charge < -0.3 is 0 Å². The molecule has 2 aromatic rings. The topological polar surface area (TPSA) is 69.2 Å². The molecule has 5 nitrogen and oxygen atoms in total. The lowest BCUT2D eigenvalue weighted by Crippen LogP contribution is -2.09. The maximum absolute atomic E-state index is 11.9. The van der Waals surface area contributed by atoms with E-state index in [4.69, 9.17) is 4.18 Å². The maximum atomic E-state index is 11.9. The fourth-order valence-corrected chi connectivity index (χ4v) is 2.40. The summed E-state index contributed by atoms with van der Waals surface area (Å²) in [6.07, 6.45) is 5.11.